The lowest BCUT2D eigenvalue weighted by Crippen LogP contribution is -2.13. The van der Waals surface area contributed by atoms with Gasteiger partial charge >= 0.3 is 0 Å². The fourth-order valence-corrected chi connectivity index (χ4v) is 3.57. The summed E-state index contributed by atoms with van der Waals surface area (Å²) in [4.78, 5) is 12.8. The van der Waals surface area contributed by atoms with Crippen molar-refractivity contribution in [2.24, 2.45) is 0 Å². The van der Waals surface area contributed by atoms with Crippen LogP contribution in [-0.2, 0) is 13.0 Å². The van der Waals surface area contributed by atoms with E-state index in [-0.39, 0.29) is 12.0 Å². The minimum Gasteiger partial charge on any atom is -0.492 e. The first-order valence-corrected chi connectivity index (χ1v) is 10.4. The lowest BCUT2D eigenvalue weighted by Gasteiger charge is -2.14. The predicted octanol–water partition coefficient (Wildman–Crippen LogP) is 4.84. The van der Waals surface area contributed by atoms with Crippen molar-refractivity contribution in [3.05, 3.63) is 64.5 Å². The molecule has 1 aliphatic heterocycles. The number of aryl methyl sites for hydroxylation is 2. The number of aromatic nitrogens is 1. The van der Waals surface area contributed by atoms with Crippen LogP contribution in [0.25, 0.3) is 0 Å². The Morgan fingerprint density at radius 2 is 1.97 bits per heavy atom. The van der Waals surface area contributed by atoms with Crippen molar-refractivity contribution in [1.82, 2.24) is 5.16 Å². The number of anilines is 1. The third-order valence-corrected chi connectivity index (χ3v) is 5.23. The highest BCUT2D eigenvalue weighted by molar-refractivity contribution is 6.05. The summed E-state index contributed by atoms with van der Waals surface area (Å²) in [6, 6.07) is 10.8. The number of nitrogens with zero attached hydrogens (tertiary/aromatic N) is 1. The van der Waals surface area contributed by atoms with E-state index in [1.54, 1.807) is 24.3 Å². The zero-order chi connectivity index (χ0) is 22.0. The smallest absolute Gasteiger partial charge is 0.255 e. The molecule has 0 saturated carbocycles. The second-order valence-corrected chi connectivity index (χ2v) is 7.59. The van der Waals surface area contributed by atoms with Crippen LogP contribution in [0.1, 0.15) is 46.8 Å². The molecule has 3 aromatic rings. The van der Waals surface area contributed by atoms with Crippen molar-refractivity contribution in [2.75, 3.05) is 11.9 Å². The summed E-state index contributed by atoms with van der Waals surface area (Å²) in [7, 11) is 0. The zero-order valence-corrected chi connectivity index (χ0v) is 18.2. The Morgan fingerprint density at radius 1 is 1.19 bits per heavy atom. The van der Waals surface area contributed by atoms with Crippen molar-refractivity contribution >= 4 is 11.6 Å². The van der Waals surface area contributed by atoms with Crippen molar-refractivity contribution < 1.29 is 23.5 Å². The number of ether oxygens (including phenoxy) is 3. The Morgan fingerprint density at radius 3 is 2.65 bits per heavy atom. The van der Waals surface area contributed by atoms with Crippen LogP contribution < -0.4 is 19.5 Å². The molecule has 2 aromatic carbocycles. The third-order valence-electron chi connectivity index (χ3n) is 5.23. The topological polar surface area (TPSA) is 82.8 Å². The largest absolute Gasteiger partial charge is 0.492 e. The SMILES string of the molecule is CCOc1cc2c(cc1NC(=O)c1ccc(OCc3c(C)noc3C)cc1)OC(C)C2. The fraction of sp³-hybridized carbons (Fsp3) is 0.333. The lowest BCUT2D eigenvalue weighted by molar-refractivity contribution is 0.102. The molecule has 31 heavy (non-hydrogen) atoms. The van der Waals surface area contributed by atoms with Crippen LogP contribution in [0.3, 0.4) is 0 Å². The molecule has 0 radical (unpaired) electrons. The standard InChI is InChI=1S/C24H26N2O5/c1-5-28-23-11-18-10-14(2)30-22(18)12-21(23)25-24(27)17-6-8-19(9-7-17)29-13-20-15(3)26-31-16(20)4/h6-9,11-12,14H,5,10,13H2,1-4H3,(H,25,27). The lowest BCUT2D eigenvalue weighted by atomic mass is 10.1. The summed E-state index contributed by atoms with van der Waals surface area (Å²) in [6.45, 7) is 8.54. The second-order valence-electron chi connectivity index (χ2n) is 7.59. The van der Waals surface area contributed by atoms with Crippen molar-refractivity contribution in [1.29, 1.82) is 0 Å². The molecule has 0 saturated heterocycles. The van der Waals surface area contributed by atoms with E-state index in [0.29, 0.717) is 36.0 Å². The Labute approximate surface area is 181 Å². The minimum absolute atomic E-state index is 0.119. The molecule has 4 rings (SSSR count). The number of hydrogen-bond donors (Lipinski definition) is 1. The summed E-state index contributed by atoms with van der Waals surface area (Å²) in [5.41, 5.74) is 3.94. The molecule has 162 valence electrons. The maximum atomic E-state index is 12.8. The molecule has 1 aliphatic rings. The Bertz CT molecular complexity index is 1070. The Kier molecular flexibility index (Phi) is 5.84. The highest BCUT2D eigenvalue weighted by atomic mass is 16.5. The molecule has 0 bridgehead atoms. The van der Waals surface area contributed by atoms with E-state index in [9.17, 15) is 4.79 Å². The normalized spacial score (nSPS) is 14.6. The average molecular weight is 422 g/mol. The number of benzene rings is 2. The third kappa shape index (κ3) is 4.50. The van der Waals surface area contributed by atoms with E-state index >= 15 is 0 Å². The van der Waals surface area contributed by atoms with Gasteiger partial charge in [-0.15, -0.1) is 0 Å². The van der Waals surface area contributed by atoms with Crippen molar-refractivity contribution in [2.45, 2.75) is 46.8 Å². The molecular formula is C24H26N2O5. The van der Waals surface area contributed by atoms with Crippen molar-refractivity contribution in [3.8, 4) is 17.2 Å². The number of carbonyl (C=O) groups excluding carboxylic acids is 1. The molecule has 0 aliphatic carbocycles. The van der Waals surface area contributed by atoms with Crippen LogP contribution in [0.5, 0.6) is 17.2 Å². The average Bonchev–Trinajstić information content (AvgIpc) is 3.27. The maximum Gasteiger partial charge on any atom is 0.255 e. The summed E-state index contributed by atoms with van der Waals surface area (Å²) in [5.74, 6) is 2.60. The summed E-state index contributed by atoms with van der Waals surface area (Å²) in [6.07, 6.45) is 0.951. The summed E-state index contributed by atoms with van der Waals surface area (Å²) >= 11 is 0. The van der Waals surface area contributed by atoms with E-state index < -0.39 is 0 Å². The number of hydrogen-bond acceptors (Lipinski definition) is 6. The quantitative estimate of drug-likeness (QED) is 0.586. The molecule has 7 nitrogen and oxygen atoms in total. The molecule has 2 heterocycles. The monoisotopic (exact) mass is 422 g/mol. The van der Waals surface area contributed by atoms with Crippen LogP contribution in [0.2, 0.25) is 0 Å². The van der Waals surface area contributed by atoms with Gasteiger partial charge in [-0.3, -0.25) is 4.79 Å². The molecule has 1 amide bonds. The summed E-state index contributed by atoms with van der Waals surface area (Å²) < 4.78 is 22.5. The molecule has 1 N–H and O–H groups in total. The van der Waals surface area contributed by atoms with Crippen LogP contribution in [0.4, 0.5) is 5.69 Å². The molecule has 0 spiro atoms. The van der Waals surface area contributed by atoms with Gasteiger partial charge in [0.05, 0.1) is 23.6 Å². The van der Waals surface area contributed by atoms with Gasteiger partial charge in [-0.25, -0.2) is 0 Å². The fourth-order valence-electron chi connectivity index (χ4n) is 3.57. The molecule has 1 atom stereocenters. The number of carbonyl (C=O) groups is 1. The first kappa shape index (κ1) is 20.8. The van der Waals surface area contributed by atoms with Crippen LogP contribution in [0.15, 0.2) is 40.9 Å². The van der Waals surface area contributed by atoms with E-state index in [0.717, 1.165) is 34.8 Å². The van der Waals surface area contributed by atoms with Gasteiger partial charge in [0.1, 0.15) is 35.7 Å². The molecule has 1 unspecified atom stereocenters. The minimum atomic E-state index is -0.232. The van der Waals surface area contributed by atoms with Gasteiger partial charge in [-0.1, -0.05) is 5.16 Å². The maximum absolute atomic E-state index is 12.8. The van der Waals surface area contributed by atoms with E-state index in [2.05, 4.69) is 10.5 Å². The highest BCUT2D eigenvalue weighted by Gasteiger charge is 2.23. The molecule has 0 fully saturated rings. The zero-order valence-electron chi connectivity index (χ0n) is 18.2. The van der Waals surface area contributed by atoms with Gasteiger partial charge in [0, 0.05) is 23.6 Å². The van der Waals surface area contributed by atoms with Gasteiger partial charge in [0.15, 0.2) is 0 Å². The Hall–Kier alpha value is -3.48. The van der Waals surface area contributed by atoms with Gasteiger partial charge in [0.2, 0.25) is 0 Å². The van der Waals surface area contributed by atoms with E-state index in [1.165, 1.54) is 0 Å². The number of nitrogens with one attached hydrogen (secondary N) is 1. The first-order valence-electron chi connectivity index (χ1n) is 10.4. The van der Waals surface area contributed by atoms with E-state index in [4.69, 9.17) is 18.7 Å². The summed E-state index contributed by atoms with van der Waals surface area (Å²) in [5, 5.41) is 6.86. The van der Waals surface area contributed by atoms with Crippen LogP contribution in [-0.4, -0.2) is 23.8 Å². The van der Waals surface area contributed by atoms with Gasteiger partial charge in [0.25, 0.3) is 5.91 Å². The second kappa shape index (κ2) is 8.71. The molecular weight excluding hydrogens is 396 g/mol. The van der Waals surface area contributed by atoms with Gasteiger partial charge in [-0.05, 0) is 58.0 Å². The van der Waals surface area contributed by atoms with Gasteiger partial charge in [-0.2, -0.15) is 0 Å². The van der Waals surface area contributed by atoms with Crippen LogP contribution in [0, 0.1) is 13.8 Å². The Balaban J connectivity index is 1.45. The number of rotatable bonds is 7. The van der Waals surface area contributed by atoms with Crippen molar-refractivity contribution in [3.63, 3.8) is 0 Å². The molecule has 1 aromatic heterocycles. The first-order chi connectivity index (χ1) is 14.9. The van der Waals surface area contributed by atoms with Crippen LogP contribution >= 0.6 is 0 Å². The predicted molar refractivity (Wildman–Crippen MR) is 116 cm³/mol. The van der Waals surface area contributed by atoms with E-state index in [1.807, 2.05) is 39.8 Å². The number of amides is 1. The van der Waals surface area contributed by atoms with Gasteiger partial charge < -0.3 is 24.1 Å². The number of fused-ring (bicyclic) bond motifs is 1. The highest BCUT2D eigenvalue weighted by Crippen LogP contribution is 2.38. The molecule has 7 heteroatoms.